The number of Topliss-reactive ketones (excluding diaryl/α,β-unsaturated/α-hetero) is 1. The first-order chi connectivity index (χ1) is 13.6. The molecule has 2 rings (SSSR count). The first-order valence-electron chi connectivity index (χ1n) is 9.53. The van der Waals surface area contributed by atoms with E-state index < -0.39 is 23.8 Å². The van der Waals surface area contributed by atoms with Crippen molar-refractivity contribution in [3.05, 3.63) is 52.3 Å². The van der Waals surface area contributed by atoms with Gasteiger partial charge in [0.25, 0.3) is 0 Å². The van der Waals surface area contributed by atoms with Crippen LogP contribution in [0.25, 0.3) is 0 Å². The quantitative estimate of drug-likeness (QED) is 0.530. The van der Waals surface area contributed by atoms with E-state index in [-0.39, 0.29) is 18.4 Å². The monoisotopic (exact) mass is 401 g/mol. The van der Waals surface area contributed by atoms with Crippen molar-refractivity contribution in [3.63, 3.8) is 0 Å². The topological polar surface area (TPSA) is 94.7 Å². The van der Waals surface area contributed by atoms with Gasteiger partial charge in [-0.15, -0.1) is 0 Å². The number of ether oxygens (including phenoxy) is 3. The number of hydrogen-bond donors (Lipinski definition) is 1. The predicted molar refractivity (Wildman–Crippen MR) is 108 cm³/mol. The predicted octanol–water partition coefficient (Wildman–Crippen LogP) is 4.02. The van der Waals surface area contributed by atoms with Crippen LogP contribution >= 0.6 is 0 Å². The molecule has 29 heavy (non-hydrogen) atoms. The highest BCUT2D eigenvalue weighted by Crippen LogP contribution is 2.21. The molecule has 0 radical (unpaired) electrons. The van der Waals surface area contributed by atoms with Crippen LogP contribution in [0.2, 0.25) is 0 Å². The molecule has 1 N–H and O–H groups in total. The van der Waals surface area contributed by atoms with Gasteiger partial charge in [-0.1, -0.05) is 0 Å². The summed E-state index contributed by atoms with van der Waals surface area (Å²) in [6.45, 7) is 10.6. The fraction of sp³-hybridized carbons (Fsp3) is 0.409. The Labute approximate surface area is 170 Å². The Hall–Kier alpha value is -3.09. The number of hydrogen-bond acceptors (Lipinski definition) is 6. The van der Waals surface area contributed by atoms with Crippen molar-refractivity contribution in [2.24, 2.45) is 0 Å². The minimum Gasteiger partial charge on any atom is -0.491 e. The molecular formula is C22H27NO6. The van der Waals surface area contributed by atoms with Gasteiger partial charge in [-0.25, -0.2) is 9.59 Å². The van der Waals surface area contributed by atoms with Crippen LogP contribution in [0.15, 0.2) is 24.3 Å². The van der Waals surface area contributed by atoms with Gasteiger partial charge in [0.15, 0.2) is 6.10 Å². The highest BCUT2D eigenvalue weighted by Gasteiger charge is 2.27. The van der Waals surface area contributed by atoms with E-state index in [4.69, 9.17) is 14.2 Å². The van der Waals surface area contributed by atoms with Crippen molar-refractivity contribution in [1.82, 2.24) is 4.98 Å². The molecule has 0 aliphatic carbocycles. The van der Waals surface area contributed by atoms with E-state index >= 15 is 0 Å². The minimum atomic E-state index is -1.03. The number of aromatic nitrogens is 1. The normalized spacial score (nSPS) is 11.8. The number of carbonyl (C=O) groups is 3. The Bertz CT molecular complexity index is 895. The van der Waals surface area contributed by atoms with E-state index in [1.54, 1.807) is 45.0 Å². The molecule has 0 spiro atoms. The molecule has 7 nitrogen and oxygen atoms in total. The molecule has 0 aliphatic heterocycles. The average molecular weight is 401 g/mol. The molecule has 1 atom stereocenters. The first-order valence-corrected chi connectivity index (χ1v) is 9.53. The van der Waals surface area contributed by atoms with E-state index in [2.05, 4.69) is 4.98 Å². The minimum absolute atomic E-state index is 0.0254. The zero-order chi connectivity index (χ0) is 21.7. The summed E-state index contributed by atoms with van der Waals surface area (Å²) in [5, 5.41) is 0. The summed E-state index contributed by atoms with van der Waals surface area (Å²) in [6, 6.07) is 6.51. The summed E-state index contributed by atoms with van der Waals surface area (Å²) >= 11 is 0. The van der Waals surface area contributed by atoms with Crippen molar-refractivity contribution >= 4 is 17.7 Å². The van der Waals surface area contributed by atoms with Gasteiger partial charge in [0.05, 0.1) is 29.5 Å². The number of H-pyrrole nitrogens is 1. The number of aromatic amines is 1. The SMILES string of the molecule is CCOC(=O)c1c(C)[nH]c(C(=O)[C@H](C)OC(=O)c2ccc(OC(C)C)cc2)c1C. The van der Waals surface area contributed by atoms with Gasteiger partial charge in [0.1, 0.15) is 5.75 Å². The Morgan fingerprint density at radius 1 is 1.00 bits per heavy atom. The van der Waals surface area contributed by atoms with Crippen LogP contribution in [-0.2, 0) is 9.47 Å². The second kappa shape index (κ2) is 9.41. The smallest absolute Gasteiger partial charge is 0.340 e. The van der Waals surface area contributed by atoms with Crippen LogP contribution in [0.4, 0.5) is 0 Å². The molecule has 0 unspecified atom stereocenters. The molecule has 0 saturated carbocycles. The van der Waals surface area contributed by atoms with Gasteiger partial charge in [-0.3, -0.25) is 4.79 Å². The van der Waals surface area contributed by atoms with Gasteiger partial charge in [-0.2, -0.15) is 0 Å². The van der Waals surface area contributed by atoms with Crippen LogP contribution in [0.1, 0.15) is 70.2 Å². The van der Waals surface area contributed by atoms with E-state index in [0.29, 0.717) is 28.1 Å². The summed E-state index contributed by atoms with van der Waals surface area (Å²) in [5.74, 6) is -0.890. The molecule has 0 saturated heterocycles. The van der Waals surface area contributed by atoms with Crippen molar-refractivity contribution in [3.8, 4) is 5.75 Å². The van der Waals surface area contributed by atoms with Crippen molar-refractivity contribution in [1.29, 1.82) is 0 Å². The van der Waals surface area contributed by atoms with Crippen LogP contribution < -0.4 is 4.74 Å². The molecule has 7 heteroatoms. The Morgan fingerprint density at radius 2 is 1.62 bits per heavy atom. The number of aryl methyl sites for hydroxylation is 1. The number of benzene rings is 1. The molecule has 0 fully saturated rings. The summed E-state index contributed by atoms with van der Waals surface area (Å²) in [4.78, 5) is 40.2. The second-order valence-corrected chi connectivity index (χ2v) is 6.95. The van der Waals surface area contributed by atoms with Gasteiger partial charge in [0.2, 0.25) is 5.78 Å². The first kappa shape index (κ1) is 22.2. The Kier molecular flexibility index (Phi) is 7.20. The number of ketones is 1. The lowest BCUT2D eigenvalue weighted by molar-refractivity contribution is 0.0316. The Morgan fingerprint density at radius 3 is 2.17 bits per heavy atom. The number of carbonyl (C=O) groups excluding carboxylic acids is 3. The zero-order valence-electron chi connectivity index (χ0n) is 17.6. The van der Waals surface area contributed by atoms with Crippen molar-refractivity contribution < 1.29 is 28.6 Å². The molecule has 1 heterocycles. The fourth-order valence-corrected chi connectivity index (χ4v) is 2.93. The number of nitrogens with one attached hydrogen (secondary N) is 1. The summed E-state index contributed by atoms with van der Waals surface area (Å²) in [7, 11) is 0. The lowest BCUT2D eigenvalue weighted by Gasteiger charge is -2.13. The molecule has 1 aromatic carbocycles. The van der Waals surface area contributed by atoms with E-state index in [1.807, 2.05) is 13.8 Å². The van der Waals surface area contributed by atoms with Crippen LogP contribution in [0.3, 0.4) is 0 Å². The highest BCUT2D eigenvalue weighted by atomic mass is 16.5. The summed E-state index contributed by atoms with van der Waals surface area (Å²) in [5.41, 5.74) is 1.88. The maximum Gasteiger partial charge on any atom is 0.340 e. The molecule has 0 aliphatic rings. The van der Waals surface area contributed by atoms with E-state index in [9.17, 15) is 14.4 Å². The van der Waals surface area contributed by atoms with Crippen molar-refractivity contribution in [2.45, 2.75) is 53.8 Å². The largest absolute Gasteiger partial charge is 0.491 e. The maximum absolute atomic E-state index is 12.8. The van der Waals surface area contributed by atoms with E-state index in [1.165, 1.54) is 6.92 Å². The number of esters is 2. The van der Waals surface area contributed by atoms with Gasteiger partial charge in [-0.05, 0) is 71.4 Å². The fourth-order valence-electron chi connectivity index (χ4n) is 2.93. The Balaban J connectivity index is 2.12. The van der Waals surface area contributed by atoms with Crippen LogP contribution in [0, 0.1) is 13.8 Å². The highest BCUT2D eigenvalue weighted by molar-refractivity contribution is 6.04. The van der Waals surface area contributed by atoms with Gasteiger partial charge in [0, 0.05) is 5.69 Å². The molecule has 156 valence electrons. The molecule has 0 bridgehead atoms. The summed E-state index contributed by atoms with van der Waals surface area (Å²) < 4.78 is 15.9. The zero-order valence-corrected chi connectivity index (χ0v) is 17.6. The third-order valence-corrected chi connectivity index (χ3v) is 4.28. The third-order valence-electron chi connectivity index (χ3n) is 4.28. The van der Waals surface area contributed by atoms with Gasteiger partial charge < -0.3 is 19.2 Å². The average Bonchev–Trinajstić information content (AvgIpc) is 2.95. The molecular weight excluding hydrogens is 374 g/mol. The third kappa shape index (κ3) is 5.25. The standard InChI is InChI=1S/C22H27NO6/c1-7-27-22(26)18-13(4)19(23-14(18)5)20(24)15(6)29-21(25)16-8-10-17(11-9-16)28-12(2)3/h8-12,15,23H,7H2,1-6H3/t15-/m0/s1. The lowest BCUT2D eigenvalue weighted by atomic mass is 10.1. The second-order valence-electron chi connectivity index (χ2n) is 6.95. The molecule has 0 amide bonds. The molecule has 1 aromatic heterocycles. The molecule has 2 aromatic rings. The van der Waals surface area contributed by atoms with Crippen LogP contribution in [-0.4, -0.2) is 41.5 Å². The van der Waals surface area contributed by atoms with Gasteiger partial charge >= 0.3 is 11.9 Å². The maximum atomic E-state index is 12.8. The lowest BCUT2D eigenvalue weighted by Crippen LogP contribution is -2.25. The van der Waals surface area contributed by atoms with Crippen molar-refractivity contribution in [2.75, 3.05) is 6.61 Å². The number of rotatable bonds is 8. The van der Waals surface area contributed by atoms with Crippen LogP contribution in [0.5, 0.6) is 5.75 Å². The summed E-state index contributed by atoms with van der Waals surface area (Å²) in [6.07, 6.45) is -1.00. The van der Waals surface area contributed by atoms with E-state index in [0.717, 1.165) is 0 Å².